The summed E-state index contributed by atoms with van der Waals surface area (Å²) in [6.45, 7) is 1.78. The Morgan fingerprint density at radius 2 is 1.94 bits per heavy atom. The summed E-state index contributed by atoms with van der Waals surface area (Å²) < 4.78 is 11.1. The van der Waals surface area contributed by atoms with E-state index in [1.807, 2.05) is 42.5 Å². The number of piperidine rings is 1. The molecule has 0 radical (unpaired) electrons. The van der Waals surface area contributed by atoms with Gasteiger partial charge in [-0.3, -0.25) is 9.69 Å². The highest BCUT2D eigenvalue weighted by Gasteiger charge is 2.49. The summed E-state index contributed by atoms with van der Waals surface area (Å²) in [5.74, 6) is 1.62. The van der Waals surface area contributed by atoms with E-state index in [4.69, 9.17) is 9.47 Å². The van der Waals surface area contributed by atoms with Gasteiger partial charge in [0.25, 0.3) is 0 Å². The number of aliphatic hydroxyl groups is 1. The minimum absolute atomic E-state index is 0.0100. The molecule has 1 amide bonds. The normalized spacial score (nSPS) is 27.5. The Hall–Kier alpha value is -2.57. The fourth-order valence-electron chi connectivity index (χ4n) is 5.50. The van der Waals surface area contributed by atoms with Crippen LogP contribution in [0.25, 0.3) is 0 Å². The van der Waals surface area contributed by atoms with Crippen molar-refractivity contribution >= 4 is 5.91 Å². The third kappa shape index (κ3) is 4.14. The van der Waals surface area contributed by atoms with E-state index in [2.05, 4.69) is 16.3 Å². The van der Waals surface area contributed by atoms with Crippen LogP contribution in [-0.2, 0) is 11.3 Å². The Morgan fingerprint density at radius 3 is 2.81 bits per heavy atom. The summed E-state index contributed by atoms with van der Waals surface area (Å²) in [6, 6.07) is 16.0. The van der Waals surface area contributed by atoms with Gasteiger partial charge in [0.05, 0.1) is 12.1 Å². The summed E-state index contributed by atoms with van der Waals surface area (Å²) in [7, 11) is 0. The summed E-state index contributed by atoms with van der Waals surface area (Å²) in [5.41, 5.74) is 1.52. The highest BCUT2D eigenvalue weighted by molar-refractivity contribution is 5.78. The van der Waals surface area contributed by atoms with Gasteiger partial charge >= 0.3 is 0 Å². The molecule has 3 aliphatic rings. The van der Waals surface area contributed by atoms with Crippen molar-refractivity contribution in [1.82, 2.24) is 10.2 Å². The zero-order valence-electron chi connectivity index (χ0n) is 17.8. The van der Waals surface area contributed by atoms with Crippen LogP contribution < -0.4 is 14.8 Å². The van der Waals surface area contributed by atoms with Gasteiger partial charge in [-0.05, 0) is 42.5 Å². The third-order valence-electron chi connectivity index (χ3n) is 7.09. The van der Waals surface area contributed by atoms with Crippen LogP contribution in [0.3, 0.4) is 0 Å². The molecule has 0 aromatic heterocycles. The van der Waals surface area contributed by atoms with Crippen LogP contribution in [-0.4, -0.2) is 41.4 Å². The van der Waals surface area contributed by atoms with E-state index in [0.717, 1.165) is 48.3 Å². The summed E-state index contributed by atoms with van der Waals surface area (Å²) in [5, 5.41) is 14.5. The fourth-order valence-corrected chi connectivity index (χ4v) is 5.50. The van der Waals surface area contributed by atoms with Crippen LogP contribution in [0.2, 0.25) is 0 Å². The number of fused-ring (bicyclic) bond motifs is 2. The van der Waals surface area contributed by atoms with Crippen LogP contribution in [0.15, 0.2) is 48.5 Å². The second-order valence-corrected chi connectivity index (χ2v) is 9.00. The third-order valence-corrected chi connectivity index (χ3v) is 7.09. The molecule has 2 aromatic carbocycles. The maximum absolute atomic E-state index is 12.8. The zero-order valence-corrected chi connectivity index (χ0v) is 17.8. The molecule has 164 valence electrons. The summed E-state index contributed by atoms with van der Waals surface area (Å²) >= 11 is 0. The van der Waals surface area contributed by atoms with Crippen molar-refractivity contribution < 1.29 is 19.4 Å². The molecule has 5 rings (SSSR count). The van der Waals surface area contributed by atoms with Gasteiger partial charge in [0.2, 0.25) is 12.7 Å². The van der Waals surface area contributed by atoms with E-state index >= 15 is 0 Å². The lowest BCUT2D eigenvalue weighted by atomic mass is 9.66. The molecule has 6 heteroatoms. The molecular weight excluding hydrogens is 392 g/mol. The number of rotatable bonds is 5. The fraction of sp³-hybridized carbons (Fsp3) is 0.480. The molecule has 2 aliphatic heterocycles. The molecule has 2 heterocycles. The monoisotopic (exact) mass is 422 g/mol. The summed E-state index contributed by atoms with van der Waals surface area (Å²) in [6.07, 6.45) is 4.70. The van der Waals surface area contributed by atoms with Crippen LogP contribution >= 0.6 is 0 Å². The molecule has 2 unspecified atom stereocenters. The Kier molecular flexibility index (Phi) is 5.59. The maximum atomic E-state index is 12.8. The number of carbonyl (C=O) groups is 1. The lowest BCUT2D eigenvalue weighted by Gasteiger charge is -2.52. The van der Waals surface area contributed by atoms with Crippen LogP contribution in [0.5, 0.6) is 11.5 Å². The van der Waals surface area contributed by atoms with Crippen LogP contribution in [0.4, 0.5) is 0 Å². The predicted octanol–water partition coefficient (Wildman–Crippen LogP) is 3.40. The van der Waals surface area contributed by atoms with Crippen molar-refractivity contribution in [3.05, 3.63) is 59.7 Å². The van der Waals surface area contributed by atoms with Gasteiger partial charge in [-0.25, -0.2) is 0 Å². The molecule has 2 N–H and O–H groups in total. The molecule has 0 bridgehead atoms. The lowest BCUT2D eigenvalue weighted by molar-refractivity contribution is -0.138. The van der Waals surface area contributed by atoms with Gasteiger partial charge in [0, 0.05) is 25.0 Å². The number of benzene rings is 2. The highest BCUT2D eigenvalue weighted by Crippen LogP contribution is 2.50. The van der Waals surface area contributed by atoms with E-state index in [1.165, 1.54) is 0 Å². The molecule has 3 atom stereocenters. The van der Waals surface area contributed by atoms with Gasteiger partial charge in [0.1, 0.15) is 0 Å². The Labute approximate surface area is 183 Å². The molecule has 1 saturated carbocycles. The van der Waals surface area contributed by atoms with Gasteiger partial charge in [-0.2, -0.15) is 0 Å². The smallest absolute Gasteiger partial charge is 0.234 e. The van der Waals surface area contributed by atoms with Gasteiger partial charge in [0.15, 0.2) is 11.5 Å². The van der Waals surface area contributed by atoms with Crippen molar-refractivity contribution in [3.8, 4) is 11.5 Å². The first kappa shape index (κ1) is 20.3. The largest absolute Gasteiger partial charge is 0.454 e. The van der Waals surface area contributed by atoms with Crippen molar-refractivity contribution in [2.45, 2.75) is 50.3 Å². The van der Waals surface area contributed by atoms with Gasteiger partial charge < -0.3 is 19.9 Å². The van der Waals surface area contributed by atoms with Gasteiger partial charge in [-0.1, -0.05) is 49.2 Å². The van der Waals surface area contributed by atoms with E-state index in [9.17, 15) is 9.90 Å². The quantitative estimate of drug-likeness (QED) is 0.773. The standard InChI is InChI=1S/C25H30N2O4/c28-23(26-15-18-6-2-1-3-7-18)16-27-13-12-25(29)11-5-4-8-20(25)24(27)19-9-10-21-22(14-19)31-17-30-21/h1-3,6-7,9-10,14,20,24,29H,4-5,8,11-13,15-17H2,(H,26,28)/t20?,24-,25?/m0/s1. The minimum Gasteiger partial charge on any atom is -0.454 e. The average molecular weight is 423 g/mol. The number of carbonyl (C=O) groups excluding carboxylic acids is 1. The Bertz CT molecular complexity index is 934. The number of nitrogens with zero attached hydrogens (tertiary/aromatic N) is 1. The van der Waals surface area contributed by atoms with Crippen molar-refractivity contribution in [2.24, 2.45) is 5.92 Å². The zero-order chi connectivity index (χ0) is 21.3. The highest BCUT2D eigenvalue weighted by atomic mass is 16.7. The summed E-state index contributed by atoms with van der Waals surface area (Å²) in [4.78, 5) is 15.1. The van der Waals surface area contributed by atoms with Gasteiger partial charge in [-0.15, -0.1) is 0 Å². The topological polar surface area (TPSA) is 71.0 Å². The molecule has 31 heavy (non-hydrogen) atoms. The predicted molar refractivity (Wildman–Crippen MR) is 117 cm³/mol. The number of ether oxygens (including phenoxy) is 2. The molecular formula is C25H30N2O4. The van der Waals surface area contributed by atoms with Crippen LogP contribution in [0.1, 0.15) is 49.3 Å². The molecule has 0 spiro atoms. The second-order valence-electron chi connectivity index (χ2n) is 9.00. The van der Waals surface area contributed by atoms with E-state index in [0.29, 0.717) is 26.1 Å². The average Bonchev–Trinajstić information content (AvgIpc) is 3.26. The van der Waals surface area contributed by atoms with E-state index in [-0.39, 0.29) is 24.7 Å². The molecule has 1 saturated heterocycles. The van der Waals surface area contributed by atoms with E-state index in [1.54, 1.807) is 0 Å². The molecule has 1 aliphatic carbocycles. The number of nitrogens with one attached hydrogen (secondary N) is 1. The molecule has 2 aromatic rings. The number of hydrogen-bond donors (Lipinski definition) is 2. The maximum Gasteiger partial charge on any atom is 0.234 e. The first-order valence-electron chi connectivity index (χ1n) is 11.3. The lowest BCUT2D eigenvalue weighted by Crippen LogP contribution is -2.56. The van der Waals surface area contributed by atoms with Crippen molar-refractivity contribution in [3.63, 3.8) is 0 Å². The van der Waals surface area contributed by atoms with Crippen molar-refractivity contribution in [1.29, 1.82) is 0 Å². The first-order valence-corrected chi connectivity index (χ1v) is 11.3. The SMILES string of the molecule is O=C(CN1CCC2(O)CCCCC2[C@@H]1c1ccc2c(c1)OCO2)NCc1ccccc1. The second kappa shape index (κ2) is 8.52. The first-order chi connectivity index (χ1) is 15.1. The Morgan fingerprint density at radius 1 is 1.10 bits per heavy atom. The number of hydrogen-bond acceptors (Lipinski definition) is 5. The number of likely N-dealkylation sites (tertiary alicyclic amines) is 1. The molecule has 2 fully saturated rings. The molecule has 6 nitrogen and oxygen atoms in total. The number of amides is 1. The van der Waals surface area contributed by atoms with Crippen molar-refractivity contribution in [2.75, 3.05) is 19.9 Å². The Balaban J connectivity index is 1.36. The van der Waals surface area contributed by atoms with E-state index < -0.39 is 5.60 Å². The minimum atomic E-state index is -0.656. The van der Waals surface area contributed by atoms with Crippen LogP contribution in [0, 0.1) is 5.92 Å².